The second-order valence-electron chi connectivity index (χ2n) is 10.4. The van der Waals surface area contributed by atoms with Crippen molar-refractivity contribution < 1.29 is 18.0 Å². The summed E-state index contributed by atoms with van der Waals surface area (Å²) in [5.74, 6) is 0.269. The van der Waals surface area contributed by atoms with Crippen LogP contribution < -0.4 is 4.90 Å². The van der Waals surface area contributed by atoms with E-state index >= 15 is 0 Å². The number of halogens is 4. The third kappa shape index (κ3) is 5.54. The first-order valence-corrected chi connectivity index (χ1v) is 13.2. The van der Waals surface area contributed by atoms with E-state index in [1.165, 1.54) is 12.1 Å². The van der Waals surface area contributed by atoms with E-state index in [0.29, 0.717) is 30.3 Å². The van der Waals surface area contributed by atoms with E-state index in [-0.39, 0.29) is 11.8 Å². The Morgan fingerprint density at radius 1 is 0.974 bits per heavy atom. The van der Waals surface area contributed by atoms with E-state index in [9.17, 15) is 18.0 Å². The van der Waals surface area contributed by atoms with Gasteiger partial charge in [-0.05, 0) is 53.8 Å². The van der Waals surface area contributed by atoms with Gasteiger partial charge in [-0.15, -0.1) is 0 Å². The Kier molecular flexibility index (Phi) is 7.43. The third-order valence-corrected chi connectivity index (χ3v) is 8.10. The van der Waals surface area contributed by atoms with E-state index in [0.717, 1.165) is 43.2 Å². The highest BCUT2D eigenvalue weighted by Crippen LogP contribution is 2.56. The summed E-state index contributed by atoms with van der Waals surface area (Å²) in [4.78, 5) is 20.0. The number of hydrogen-bond donors (Lipinski definition) is 0. The average molecular weight is 542 g/mol. The summed E-state index contributed by atoms with van der Waals surface area (Å²) in [6.07, 6.45) is -3.59. The van der Waals surface area contributed by atoms with Crippen LogP contribution >= 0.6 is 11.6 Å². The van der Waals surface area contributed by atoms with Crippen LogP contribution in [0.15, 0.2) is 78.9 Å². The number of nitrogens with zero attached hydrogens (tertiary/aromatic N) is 3. The first-order chi connectivity index (χ1) is 18.2. The zero-order valence-electron chi connectivity index (χ0n) is 21.3. The topological polar surface area (TPSA) is 26.8 Å². The van der Waals surface area contributed by atoms with Crippen LogP contribution in [-0.4, -0.2) is 55.5 Å². The SMILES string of the molecule is CN(Cc1ccccc1)C(=O)C1(c2ccc(Cl)cc2)CC1CN1CCN(c2cccc(C(F)(F)F)c2)CC1. The van der Waals surface area contributed by atoms with E-state index < -0.39 is 17.2 Å². The molecule has 1 heterocycles. The predicted octanol–water partition coefficient (Wildman–Crippen LogP) is 6.10. The average Bonchev–Trinajstić information content (AvgIpc) is 3.63. The first kappa shape index (κ1) is 26.6. The van der Waals surface area contributed by atoms with Crippen LogP contribution in [0.4, 0.5) is 18.9 Å². The van der Waals surface area contributed by atoms with Gasteiger partial charge in [0.2, 0.25) is 5.91 Å². The fraction of sp³-hybridized carbons (Fsp3) is 0.367. The molecule has 1 amide bonds. The molecule has 2 aliphatic rings. The summed E-state index contributed by atoms with van der Waals surface area (Å²) in [6, 6.07) is 23.1. The number of carbonyl (C=O) groups excluding carboxylic acids is 1. The van der Waals surface area contributed by atoms with Crippen molar-refractivity contribution in [2.75, 3.05) is 44.7 Å². The number of rotatable bonds is 7. The van der Waals surface area contributed by atoms with Crippen LogP contribution in [0.2, 0.25) is 5.02 Å². The molecular weight excluding hydrogens is 511 g/mol. The molecular formula is C30H31ClF3N3O. The second-order valence-corrected chi connectivity index (χ2v) is 10.8. The maximum atomic E-state index is 13.9. The van der Waals surface area contributed by atoms with Gasteiger partial charge in [0.1, 0.15) is 0 Å². The Hall–Kier alpha value is -3.03. The standard InChI is InChI=1S/C30H31ClF3N3O/c1-35(20-22-6-3-2-4-7-22)28(38)29(23-10-12-26(31)13-11-23)19-25(29)21-36-14-16-37(17-15-36)27-9-5-8-24(18-27)30(32,33)34/h2-13,18,25H,14-17,19-21H2,1H3. The molecule has 2 atom stereocenters. The van der Waals surface area contributed by atoms with Crippen LogP contribution in [0.1, 0.15) is 23.1 Å². The number of amides is 1. The van der Waals surface area contributed by atoms with Gasteiger partial charge in [-0.1, -0.05) is 60.1 Å². The minimum Gasteiger partial charge on any atom is -0.369 e. The summed E-state index contributed by atoms with van der Waals surface area (Å²) in [6.45, 7) is 4.06. The van der Waals surface area contributed by atoms with Crippen molar-refractivity contribution in [3.05, 3.63) is 101 Å². The Morgan fingerprint density at radius 2 is 1.66 bits per heavy atom. The lowest BCUT2D eigenvalue weighted by atomic mass is 9.91. The Bertz CT molecular complexity index is 1260. The molecule has 0 N–H and O–H groups in total. The Balaban J connectivity index is 1.26. The predicted molar refractivity (Wildman–Crippen MR) is 144 cm³/mol. The second kappa shape index (κ2) is 10.6. The number of carbonyl (C=O) groups is 1. The van der Waals surface area contributed by atoms with Crippen molar-refractivity contribution >= 4 is 23.2 Å². The quantitative estimate of drug-likeness (QED) is 0.362. The van der Waals surface area contributed by atoms with Gasteiger partial charge in [-0.3, -0.25) is 9.69 Å². The van der Waals surface area contributed by atoms with E-state index in [2.05, 4.69) is 4.90 Å². The molecule has 8 heteroatoms. The highest BCUT2D eigenvalue weighted by atomic mass is 35.5. The molecule has 3 aromatic rings. The maximum Gasteiger partial charge on any atom is 0.416 e. The van der Waals surface area contributed by atoms with Gasteiger partial charge in [0, 0.05) is 57.0 Å². The fourth-order valence-corrected chi connectivity index (χ4v) is 5.81. The highest BCUT2D eigenvalue weighted by molar-refractivity contribution is 6.30. The summed E-state index contributed by atoms with van der Waals surface area (Å²) >= 11 is 6.15. The number of piperazine rings is 1. The van der Waals surface area contributed by atoms with Crippen LogP contribution in [0, 0.1) is 5.92 Å². The largest absolute Gasteiger partial charge is 0.416 e. The molecule has 0 spiro atoms. The normalized spacial score (nSPS) is 21.8. The highest BCUT2D eigenvalue weighted by Gasteiger charge is 2.61. The smallest absolute Gasteiger partial charge is 0.369 e. The lowest BCUT2D eigenvalue weighted by Crippen LogP contribution is -2.48. The molecule has 1 aliphatic heterocycles. The zero-order chi connectivity index (χ0) is 26.9. The van der Waals surface area contributed by atoms with Crippen molar-refractivity contribution in [3.8, 4) is 0 Å². The first-order valence-electron chi connectivity index (χ1n) is 12.9. The van der Waals surface area contributed by atoms with Gasteiger partial charge in [0.05, 0.1) is 11.0 Å². The van der Waals surface area contributed by atoms with Gasteiger partial charge in [-0.2, -0.15) is 13.2 Å². The van der Waals surface area contributed by atoms with Gasteiger partial charge in [-0.25, -0.2) is 0 Å². The zero-order valence-corrected chi connectivity index (χ0v) is 22.1. The molecule has 2 unspecified atom stereocenters. The monoisotopic (exact) mass is 541 g/mol. The van der Waals surface area contributed by atoms with Crippen LogP contribution in [-0.2, 0) is 22.9 Å². The molecule has 3 aromatic carbocycles. The molecule has 1 saturated carbocycles. The van der Waals surface area contributed by atoms with Crippen LogP contribution in [0.5, 0.6) is 0 Å². The number of anilines is 1. The minimum absolute atomic E-state index is 0.108. The lowest BCUT2D eigenvalue weighted by molar-refractivity contribution is -0.137. The number of alkyl halides is 3. The molecule has 38 heavy (non-hydrogen) atoms. The molecule has 0 radical (unpaired) electrons. The van der Waals surface area contributed by atoms with Crippen molar-refractivity contribution in [3.63, 3.8) is 0 Å². The van der Waals surface area contributed by atoms with Crippen LogP contribution in [0.3, 0.4) is 0 Å². The maximum absolute atomic E-state index is 13.9. The molecule has 2 fully saturated rings. The minimum atomic E-state index is -4.35. The molecule has 200 valence electrons. The summed E-state index contributed by atoms with van der Waals surface area (Å²) in [7, 11) is 1.86. The molecule has 0 aromatic heterocycles. The molecule has 1 saturated heterocycles. The summed E-state index contributed by atoms with van der Waals surface area (Å²) in [5, 5.41) is 0.636. The Labute approximate surface area is 226 Å². The van der Waals surface area contributed by atoms with Gasteiger partial charge >= 0.3 is 6.18 Å². The van der Waals surface area contributed by atoms with E-state index in [4.69, 9.17) is 11.6 Å². The molecule has 5 rings (SSSR count). The van der Waals surface area contributed by atoms with E-state index in [1.54, 1.807) is 6.07 Å². The fourth-order valence-electron chi connectivity index (χ4n) is 5.69. The van der Waals surface area contributed by atoms with Crippen molar-refractivity contribution in [1.82, 2.24) is 9.80 Å². The lowest BCUT2D eigenvalue weighted by Gasteiger charge is -2.37. The number of benzene rings is 3. The van der Waals surface area contributed by atoms with Gasteiger partial charge in [0.25, 0.3) is 0 Å². The van der Waals surface area contributed by atoms with Crippen molar-refractivity contribution in [2.24, 2.45) is 5.92 Å². The molecule has 0 bridgehead atoms. The van der Waals surface area contributed by atoms with Crippen molar-refractivity contribution in [1.29, 1.82) is 0 Å². The third-order valence-electron chi connectivity index (χ3n) is 7.84. The molecule has 1 aliphatic carbocycles. The number of hydrogen-bond acceptors (Lipinski definition) is 3. The van der Waals surface area contributed by atoms with Gasteiger partial charge < -0.3 is 9.80 Å². The molecule has 4 nitrogen and oxygen atoms in total. The van der Waals surface area contributed by atoms with Crippen molar-refractivity contribution in [2.45, 2.75) is 24.6 Å². The summed E-state index contributed by atoms with van der Waals surface area (Å²) < 4.78 is 39.5. The van der Waals surface area contributed by atoms with Gasteiger partial charge in [0.15, 0.2) is 0 Å². The summed E-state index contributed by atoms with van der Waals surface area (Å²) in [5.41, 5.74) is 1.45. The van der Waals surface area contributed by atoms with Crippen LogP contribution in [0.25, 0.3) is 0 Å². The Morgan fingerprint density at radius 3 is 2.32 bits per heavy atom. The van der Waals surface area contributed by atoms with E-state index in [1.807, 2.05) is 71.4 Å². The number of likely N-dealkylation sites (N-methyl/N-ethyl adjacent to an activating group) is 1.